The molecule has 0 atom stereocenters. The fourth-order valence-corrected chi connectivity index (χ4v) is 2.63. The molecule has 0 aliphatic rings. The zero-order valence-corrected chi connectivity index (χ0v) is 9.55. The van der Waals surface area contributed by atoms with Crippen LogP contribution in [0.15, 0.2) is 0 Å². The minimum atomic E-state index is -3.30. The van der Waals surface area contributed by atoms with Crippen molar-refractivity contribution in [3.8, 4) is 0 Å². The zero-order valence-electron chi connectivity index (χ0n) is 7.02. The maximum atomic E-state index is 11.0. The number of hydrogen-bond donors (Lipinski definition) is 1. The molecular formula is C6H14O3S3. The molecule has 0 radical (unpaired) electrons. The lowest BCUT2D eigenvalue weighted by Crippen LogP contribution is -2.07. The van der Waals surface area contributed by atoms with Gasteiger partial charge in [0.25, 0.3) is 10.1 Å². The first-order chi connectivity index (χ1) is 5.62. The van der Waals surface area contributed by atoms with Crippen LogP contribution in [0.4, 0.5) is 0 Å². The summed E-state index contributed by atoms with van der Waals surface area (Å²) in [6.07, 6.45) is 1.45. The van der Waals surface area contributed by atoms with Crippen molar-refractivity contribution in [2.24, 2.45) is 0 Å². The number of rotatable bonds is 7. The van der Waals surface area contributed by atoms with Crippen LogP contribution in [0.5, 0.6) is 0 Å². The molecule has 6 heteroatoms. The summed E-state index contributed by atoms with van der Waals surface area (Å²) in [6.45, 7) is 1.97. The highest BCUT2D eigenvalue weighted by atomic mass is 32.3. The fraction of sp³-hybridized carbons (Fsp3) is 1.00. The van der Waals surface area contributed by atoms with Crippen molar-refractivity contribution in [1.29, 1.82) is 0 Å². The minimum absolute atomic E-state index is 0.0627. The molecule has 0 bridgehead atoms. The van der Waals surface area contributed by atoms with E-state index in [0.29, 0.717) is 17.9 Å². The van der Waals surface area contributed by atoms with Crippen LogP contribution in [0.1, 0.15) is 19.8 Å². The summed E-state index contributed by atoms with van der Waals surface area (Å²) < 4.78 is 26.6. The molecule has 0 rings (SSSR count). The third-order valence-corrected chi connectivity index (χ3v) is 3.89. The maximum absolute atomic E-state index is 11.0. The molecule has 0 fully saturated rings. The smallest absolute Gasteiger partial charge is 0.198 e. The number of hydrogen-bond acceptors (Lipinski definition) is 5. The van der Waals surface area contributed by atoms with Crippen LogP contribution in [-0.4, -0.2) is 25.7 Å². The van der Waals surface area contributed by atoms with E-state index in [2.05, 4.69) is 16.3 Å². The lowest BCUT2D eigenvalue weighted by Gasteiger charge is -2.01. The first-order valence-corrected chi connectivity index (χ1v) is 6.89. The van der Waals surface area contributed by atoms with Crippen molar-refractivity contribution in [3.63, 3.8) is 0 Å². The first kappa shape index (κ1) is 12.6. The normalized spacial score (nSPS) is 11.8. The van der Waals surface area contributed by atoms with E-state index >= 15 is 0 Å². The lowest BCUT2D eigenvalue weighted by atomic mass is 10.6. The van der Waals surface area contributed by atoms with E-state index in [0.717, 1.165) is 18.5 Å². The van der Waals surface area contributed by atoms with Crippen molar-refractivity contribution in [3.05, 3.63) is 0 Å². The summed E-state index contributed by atoms with van der Waals surface area (Å²) in [4.78, 5) is 0. The van der Waals surface area contributed by atoms with Crippen molar-refractivity contribution in [2.75, 3.05) is 17.3 Å². The molecule has 0 aromatic heterocycles. The number of thiol groups is 1. The predicted molar refractivity (Wildman–Crippen MR) is 56.1 cm³/mol. The van der Waals surface area contributed by atoms with Crippen LogP contribution in [-0.2, 0) is 13.7 Å². The van der Waals surface area contributed by atoms with E-state index in [9.17, 15) is 8.42 Å². The molecule has 0 saturated heterocycles. The van der Waals surface area contributed by atoms with E-state index in [4.69, 9.17) is 0 Å². The van der Waals surface area contributed by atoms with Gasteiger partial charge in [-0.3, -0.25) is 0 Å². The van der Waals surface area contributed by atoms with Crippen molar-refractivity contribution < 1.29 is 12.0 Å². The monoisotopic (exact) mass is 230 g/mol. The van der Waals surface area contributed by atoms with Gasteiger partial charge < -0.3 is 0 Å². The van der Waals surface area contributed by atoms with Crippen LogP contribution >= 0.6 is 24.7 Å². The molecule has 0 aliphatic heterocycles. The molecule has 0 aromatic rings. The van der Waals surface area contributed by atoms with Gasteiger partial charge in [0.1, 0.15) is 0 Å². The summed E-state index contributed by atoms with van der Waals surface area (Å²) in [5.74, 6) is 1.34. The molecule has 0 heterocycles. The average molecular weight is 230 g/mol. The second-order valence-electron chi connectivity index (χ2n) is 2.23. The van der Waals surface area contributed by atoms with Gasteiger partial charge >= 0.3 is 0 Å². The van der Waals surface area contributed by atoms with Gasteiger partial charge in [0, 0.05) is 17.8 Å². The summed E-state index contributed by atoms with van der Waals surface area (Å²) in [7, 11) is -3.30. The van der Waals surface area contributed by atoms with E-state index in [1.54, 1.807) is 0 Å². The second-order valence-corrected chi connectivity index (χ2v) is 5.39. The Balaban J connectivity index is 3.58. The molecule has 3 nitrogen and oxygen atoms in total. The molecule has 0 saturated carbocycles. The third kappa shape index (κ3) is 7.27. The Labute approximate surface area is 84.0 Å². The molecule has 74 valence electrons. The highest BCUT2D eigenvalue weighted by molar-refractivity contribution is 8.04. The third-order valence-electron chi connectivity index (χ3n) is 0.992. The SMILES string of the molecule is CCCSOS(=O)(=O)CCCS. The first-order valence-electron chi connectivity index (χ1n) is 3.77. The van der Waals surface area contributed by atoms with Gasteiger partial charge in [-0.1, -0.05) is 6.92 Å². The largest absolute Gasteiger partial charge is 0.278 e. The summed E-state index contributed by atoms with van der Waals surface area (Å²) >= 11 is 4.91. The average Bonchev–Trinajstić information content (AvgIpc) is 2.01. The van der Waals surface area contributed by atoms with Gasteiger partial charge in [-0.15, -0.1) is 0 Å². The Bertz CT molecular complexity index is 188. The van der Waals surface area contributed by atoms with Crippen LogP contribution in [0, 0.1) is 0 Å². The van der Waals surface area contributed by atoms with E-state index in [-0.39, 0.29) is 5.75 Å². The van der Waals surface area contributed by atoms with E-state index in [1.807, 2.05) is 6.92 Å². The van der Waals surface area contributed by atoms with Gasteiger partial charge in [0.2, 0.25) is 0 Å². The molecule has 0 N–H and O–H groups in total. The Morgan fingerprint density at radius 2 is 2.17 bits per heavy atom. The van der Waals surface area contributed by atoms with E-state index in [1.165, 1.54) is 0 Å². The molecule has 0 spiro atoms. The van der Waals surface area contributed by atoms with Crippen LogP contribution in [0.25, 0.3) is 0 Å². The van der Waals surface area contributed by atoms with E-state index < -0.39 is 10.1 Å². The van der Waals surface area contributed by atoms with Crippen LogP contribution in [0.2, 0.25) is 0 Å². The molecular weight excluding hydrogens is 216 g/mol. The van der Waals surface area contributed by atoms with Gasteiger partial charge in [0.05, 0.1) is 5.75 Å². The Morgan fingerprint density at radius 1 is 1.50 bits per heavy atom. The fourth-order valence-electron chi connectivity index (χ4n) is 0.466. The Morgan fingerprint density at radius 3 is 2.67 bits per heavy atom. The lowest BCUT2D eigenvalue weighted by molar-refractivity contribution is 0.517. The summed E-state index contributed by atoms with van der Waals surface area (Å²) in [5.41, 5.74) is 0. The topological polar surface area (TPSA) is 43.4 Å². The van der Waals surface area contributed by atoms with Crippen molar-refractivity contribution in [1.82, 2.24) is 0 Å². The zero-order chi connectivity index (χ0) is 9.45. The van der Waals surface area contributed by atoms with Crippen LogP contribution in [0.3, 0.4) is 0 Å². The van der Waals surface area contributed by atoms with Crippen molar-refractivity contribution in [2.45, 2.75) is 19.8 Å². The van der Waals surface area contributed by atoms with Crippen molar-refractivity contribution >= 4 is 34.8 Å². The second kappa shape index (κ2) is 7.06. The molecule has 0 unspecified atom stereocenters. The van der Waals surface area contributed by atoms with Crippen LogP contribution < -0.4 is 0 Å². The Hall–Kier alpha value is 0.610. The molecule has 0 aliphatic carbocycles. The molecule has 0 amide bonds. The minimum Gasteiger partial charge on any atom is -0.198 e. The Kier molecular flexibility index (Phi) is 7.41. The van der Waals surface area contributed by atoms with Gasteiger partial charge in [-0.2, -0.15) is 24.7 Å². The van der Waals surface area contributed by atoms with Gasteiger partial charge in [0.15, 0.2) is 0 Å². The molecule has 0 aromatic carbocycles. The highest BCUT2D eigenvalue weighted by Crippen LogP contribution is 2.10. The van der Waals surface area contributed by atoms with Gasteiger partial charge in [-0.25, -0.2) is 0 Å². The highest BCUT2D eigenvalue weighted by Gasteiger charge is 2.10. The van der Waals surface area contributed by atoms with Gasteiger partial charge in [-0.05, 0) is 18.6 Å². The standard InChI is InChI=1S/C6H14O3S3/c1-2-5-11-9-12(7,8)6-3-4-10/h10H,2-6H2,1H3. The quantitative estimate of drug-likeness (QED) is 0.411. The summed E-state index contributed by atoms with van der Waals surface area (Å²) in [5, 5.41) is 0. The maximum Gasteiger partial charge on any atom is 0.278 e. The summed E-state index contributed by atoms with van der Waals surface area (Å²) in [6, 6.07) is 0. The predicted octanol–water partition coefficient (Wildman–Crippen LogP) is 1.71. The molecule has 12 heavy (non-hydrogen) atoms.